The maximum absolute atomic E-state index is 12.2. The van der Waals surface area contributed by atoms with Crippen molar-refractivity contribution in [2.45, 2.75) is 37.8 Å². The molecule has 3 rings (SSSR count). The van der Waals surface area contributed by atoms with Gasteiger partial charge in [0.1, 0.15) is 5.75 Å². The van der Waals surface area contributed by atoms with Gasteiger partial charge in [-0.05, 0) is 49.9 Å². The Morgan fingerprint density at radius 3 is 2.41 bits per heavy atom. The predicted octanol–water partition coefficient (Wildman–Crippen LogP) is 1.52. The molecule has 22 heavy (non-hydrogen) atoms. The highest BCUT2D eigenvalue weighted by molar-refractivity contribution is 5.79. The number of piperidine rings is 1. The van der Waals surface area contributed by atoms with Gasteiger partial charge in [0, 0.05) is 36.8 Å². The summed E-state index contributed by atoms with van der Waals surface area (Å²) in [7, 11) is 1.67. The number of hydrogen-bond acceptors (Lipinski definition) is 4. The molecule has 1 aromatic carbocycles. The number of nitrogens with one attached hydrogen (secondary N) is 1. The van der Waals surface area contributed by atoms with Crippen molar-refractivity contribution in [1.29, 1.82) is 0 Å². The van der Waals surface area contributed by atoms with Crippen LogP contribution in [0.1, 0.15) is 25.7 Å². The third-order valence-corrected chi connectivity index (χ3v) is 4.82. The van der Waals surface area contributed by atoms with E-state index in [-0.39, 0.29) is 17.9 Å². The molecule has 0 unspecified atom stereocenters. The minimum absolute atomic E-state index is 0.145. The van der Waals surface area contributed by atoms with Crippen molar-refractivity contribution < 1.29 is 9.53 Å². The number of methoxy groups -OCH3 is 1. The number of nitrogens with zero attached hydrogens (tertiary/aromatic N) is 1. The maximum atomic E-state index is 12.2. The second-order valence-electron chi connectivity index (χ2n) is 6.40. The monoisotopic (exact) mass is 303 g/mol. The minimum atomic E-state index is 0.145. The van der Waals surface area contributed by atoms with E-state index in [1.54, 1.807) is 7.11 Å². The van der Waals surface area contributed by atoms with Crippen molar-refractivity contribution in [2.24, 2.45) is 11.7 Å². The molecule has 1 heterocycles. The number of benzene rings is 1. The van der Waals surface area contributed by atoms with Crippen molar-refractivity contribution in [3.63, 3.8) is 0 Å². The number of ether oxygens (including phenoxy) is 1. The molecular weight excluding hydrogens is 278 g/mol. The fourth-order valence-electron chi connectivity index (χ4n) is 3.29. The fourth-order valence-corrected chi connectivity index (χ4v) is 3.29. The lowest BCUT2D eigenvalue weighted by Gasteiger charge is -2.36. The molecule has 1 amide bonds. The van der Waals surface area contributed by atoms with Crippen LogP contribution in [0.2, 0.25) is 0 Å². The van der Waals surface area contributed by atoms with Gasteiger partial charge in [-0.15, -0.1) is 0 Å². The van der Waals surface area contributed by atoms with Gasteiger partial charge in [0.15, 0.2) is 0 Å². The molecule has 3 N–H and O–H groups in total. The van der Waals surface area contributed by atoms with Crippen LogP contribution in [0.25, 0.3) is 0 Å². The lowest BCUT2D eigenvalue weighted by atomic mass is 9.86. The molecule has 1 saturated carbocycles. The smallest absolute Gasteiger partial charge is 0.223 e. The average Bonchev–Trinajstić information content (AvgIpc) is 2.53. The van der Waals surface area contributed by atoms with Crippen LogP contribution in [0, 0.1) is 5.92 Å². The van der Waals surface area contributed by atoms with Crippen LogP contribution < -0.4 is 20.7 Å². The van der Waals surface area contributed by atoms with Crippen LogP contribution in [0.3, 0.4) is 0 Å². The minimum Gasteiger partial charge on any atom is -0.497 e. The molecule has 1 aliphatic heterocycles. The molecule has 2 aliphatic rings. The van der Waals surface area contributed by atoms with E-state index in [0.29, 0.717) is 6.04 Å². The van der Waals surface area contributed by atoms with E-state index in [4.69, 9.17) is 10.5 Å². The number of hydrogen-bond donors (Lipinski definition) is 2. The topological polar surface area (TPSA) is 67.6 Å². The molecule has 1 aromatic rings. The summed E-state index contributed by atoms with van der Waals surface area (Å²) in [5.74, 6) is 1.23. The summed E-state index contributed by atoms with van der Waals surface area (Å²) < 4.78 is 5.19. The molecule has 0 radical (unpaired) electrons. The first-order valence-electron chi connectivity index (χ1n) is 8.10. The summed E-state index contributed by atoms with van der Waals surface area (Å²) in [5, 5.41) is 3.13. The summed E-state index contributed by atoms with van der Waals surface area (Å²) in [4.78, 5) is 14.6. The second-order valence-corrected chi connectivity index (χ2v) is 6.40. The molecule has 0 spiro atoms. The van der Waals surface area contributed by atoms with E-state index < -0.39 is 0 Å². The number of carbonyl (C=O) groups is 1. The third kappa shape index (κ3) is 3.35. The molecular formula is C17H25N3O2. The predicted molar refractivity (Wildman–Crippen MR) is 87.1 cm³/mol. The van der Waals surface area contributed by atoms with Crippen LogP contribution in [-0.2, 0) is 4.79 Å². The molecule has 5 heteroatoms. The lowest BCUT2D eigenvalue weighted by Crippen LogP contribution is -2.52. The number of anilines is 1. The lowest BCUT2D eigenvalue weighted by molar-refractivity contribution is -0.126. The van der Waals surface area contributed by atoms with E-state index in [1.165, 1.54) is 5.69 Å². The Labute approximate surface area is 131 Å². The zero-order valence-corrected chi connectivity index (χ0v) is 13.1. The Morgan fingerprint density at radius 1 is 1.23 bits per heavy atom. The Morgan fingerprint density at radius 2 is 1.86 bits per heavy atom. The highest BCUT2D eigenvalue weighted by Crippen LogP contribution is 2.26. The van der Waals surface area contributed by atoms with Crippen molar-refractivity contribution in [3.8, 4) is 5.75 Å². The summed E-state index contributed by atoms with van der Waals surface area (Å²) in [6.45, 7) is 1.85. The molecule has 2 fully saturated rings. The van der Waals surface area contributed by atoms with Gasteiger partial charge in [0.25, 0.3) is 0 Å². The summed E-state index contributed by atoms with van der Waals surface area (Å²) in [6, 6.07) is 8.70. The average molecular weight is 303 g/mol. The number of carbonyl (C=O) groups excluding carboxylic acids is 1. The van der Waals surface area contributed by atoms with Gasteiger partial charge >= 0.3 is 0 Å². The van der Waals surface area contributed by atoms with Crippen LogP contribution in [-0.4, -0.2) is 38.2 Å². The van der Waals surface area contributed by atoms with Crippen molar-refractivity contribution in [3.05, 3.63) is 24.3 Å². The first-order valence-corrected chi connectivity index (χ1v) is 8.10. The van der Waals surface area contributed by atoms with E-state index in [9.17, 15) is 4.79 Å². The highest BCUT2D eigenvalue weighted by atomic mass is 16.5. The quantitative estimate of drug-likeness (QED) is 0.885. The van der Waals surface area contributed by atoms with Gasteiger partial charge in [-0.25, -0.2) is 0 Å². The van der Waals surface area contributed by atoms with Crippen LogP contribution in [0.4, 0.5) is 5.69 Å². The molecule has 5 nitrogen and oxygen atoms in total. The first-order chi connectivity index (χ1) is 10.7. The second kappa shape index (κ2) is 6.57. The molecule has 120 valence electrons. The van der Waals surface area contributed by atoms with E-state index in [1.807, 2.05) is 12.1 Å². The SMILES string of the molecule is COc1ccc(N2CCC(C(=O)NC3CC(N)C3)CC2)cc1. The molecule has 0 aromatic heterocycles. The number of rotatable bonds is 4. The number of nitrogens with two attached hydrogens (primary N) is 1. The fraction of sp³-hybridized carbons (Fsp3) is 0.588. The summed E-state index contributed by atoms with van der Waals surface area (Å²) in [5.41, 5.74) is 6.96. The van der Waals surface area contributed by atoms with Gasteiger partial charge in [-0.3, -0.25) is 4.79 Å². The van der Waals surface area contributed by atoms with Gasteiger partial charge < -0.3 is 20.7 Å². The van der Waals surface area contributed by atoms with Crippen molar-refractivity contribution in [1.82, 2.24) is 5.32 Å². The molecule has 1 aliphatic carbocycles. The van der Waals surface area contributed by atoms with Crippen LogP contribution >= 0.6 is 0 Å². The van der Waals surface area contributed by atoms with Gasteiger partial charge in [-0.1, -0.05) is 0 Å². The zero-order chi connectivity index (χ0) is 15.5. The van der Waals surface area contributed by atoms with Gasteiger partial charge in [-0.2, -0.15) is 0 Å². The summed E-state index contributed by atoms with van der Waals surface area (Å²) >= 11 is 0. The Kier molecular flexibility index (Phi) is 4.52. The third-order valence-electron chi connectivity index (χ3n) is 4.82. The Hall–Kier alpha value is -1.75. The number of amides is 1. The summed E-state index contributed by atoms with van der Waals surface area (Å²) in [6.07, 6.45) is 3.68. The largest absolute Gasteiger partial charge is 0.497 e. The Bertz CT molecular complexity index is 503. The van der Waals surface area contributed by atoms with Gasteiger partial charge in [0.05, 0.1) is 7.11 Å². The zero-order valence-electron chi connectivity index (χ0n) is 13.1. The van der Waals surface area contributed by atoms with E-state index >= 15 is 0 Å². The molecule has 1 saturated heterocycles. The first kappa shape index (κ1) is 15.2. The van der Waals surface area contributed by atoms with Crippen LogP contribution in [0.5, 0.6) is 5.75 Å². The standard InChI is InChI=1S/C17H25N3O2/c1-22-16-4-2-15(3-5-16)20-8-6-12(7-9-20)17(21)19-14-10-13(18)11-14/h2-5,12-14H,6-11,18H2,1H3,(H,19,21). The highest BCUT2D eigenvalue weighted by Gasteiger charge is 2.31. The maximum Gasteiger partial charge on any atom is 0.223 e. The van der Waals surface area contributed by atoms with Gasteiger partial charge in [0.2, 0.25) is 5.91 Å². The Balaban J connectivity index is 1.48. The normalized spacial score (nSPS) is 25.5. The van der Waals surface area contributed by atoms with Crippen molar-refractivity contribution in [2.75, 3.05) is 25.1 Å². The van der Waals surface area contributed by atoms with Crippen LogP contribution in [0.15, 0.2) is 24.3 Å². The molecule has 0 atom stereocenters. The molecule has 0 bridgehead atoms. The van der Waals surface area contributed by atoms with Crippen molar-refractivity contribution >= 4 is 11.6 Å². The van der Waals surface area contributed by atoms with E-state index in [0.717, 1.165) is 44.5 Å². The van der Waals surface area contributed by atoms with E-state index in [2.05, 4.69) is 22.3 Å².